The lowest BCUT2D eigenvalue weighted by molar-refractivity contribution is 1.40. The summed E-state index contributed by atoms with van der Waals surface area (Å²) in [6.07, 6.45) is 1.94. The Morgan fingerprint density at radius 3 is 2.73 bits per heavy atom. The molecule has 1 aliphatic rings. The molecule has 0 spiro atoms. The molecule has 1 aliphatic heterocycles. The minimum atomic E-state index is 0.188. The summed E-state index contributed by atoms with van der Waals surface area (Å²) in [6, 6.07) is 15.1. The number of aliphatic imine (C=N–C) groups is 1. The molecule has 74 valence electrons. The van der Waals surface area contributed by atoms with Gasteiger partial charge in [-0.05, 0) is 22.2 Å². The van der Waals surface area contributed by atoms with Crippen molar-refractivity contribution in [3.8, 4) is 0 Å². The highest BCUT2D eigenvalue weighted by Crippen LogP contribution is 2.33. The number of hydrogen-bond acceptors (Lipinski definition) is 1. The van der Waals surface area contributed by atoms with E-state index in [1.54, 1.807) is 0 Å². The summed E-state index contributed by atoms with van der Waals surface area (Å²) in [7, 11) is 0.188. The van der Waals surface area contributed by atoms with Gasteiger partial charge in [0.15, 0.2) is 0 Å². The maximum Gasteiger partial charge on any atom is 0.0839 e. The van der Waals surface area contributed by atoms with Gasteiger partial charge in [-0.15, -0.1) is 10.5 Å². The van der Waals surface area contributed by atoms with Crippen LogP contribution in [0.15, 0.2) is 52.4 Å². The molecule has 1 atom stereocenters. The predicted octanol–water partition coefficient (Wildman–Crippen LogP) is 3.31. The molecule has 1 unspecified atom stereocenters. The number of nitrogens with zero attached hydrogens (tertiary/aromatic N) is 1. The van der Waals surface area contributed by atoms with Crippen molar-refractivity contribution in [3.63, 3.8) is 0 Å². The average Bonchev–Trinajstić information content (AvgIpc) is 2.82. The van der Waals surface area contributed by atoms with Gasteiger partial charge in [0.05, 0.1) is 5.88 Å². The van der Waals surface area contributed by atoms with Gasteiger partial charge in [-0.3, -0.25) is 4.99 Å². The summed E-state index contributed by atoms with van der Waals surface area (Å²) in [4.78, 5) is 5.70. The van der Waals surface area contributed by atoms with Crippen LogP contribution in [0.4, 0.5) is 0 Å². The molecule has 0 radical (unpaired) electrons. The predicted molar refractivity (Wildman–Crippen MR) is 69.2 cm³/mol. The zero-order chi connectivity index (χ0) is 10.1. The highest BCUT2D eigenvalue weighted by atomic mass is 32.2. The fourth-order valence-corrected chi connectivity index (χ4v) is 3.42. The highest BCUT2D eigenvalue weighted by Gasteiger charge is 2.05. The van der Waals surface area contributed by atoms with E-state index in [1.807, 2.05) is 6.21 Å². The van der Waals surface area contributed by atoms with Crippen molar-refractivity contribution >= 4 is 32.8 Å². The molecular weight excluding hydrogens is 202 g/mol. The molecule has 0 bridgehead atoms. The van der Waals surface area contributed by atoms with E-state index >= 15 is 0 Å². The van der Waals surface area contributed by atoms with Crippen molar-refractivity contribution in [1.29, 1.82) is 0 Å². The van der Waals surface area contributed by atoms with Gasteiger partial charge in [-0.25, -0.2) is 0 Å². The molecule has 3 rings (SSSR count). The fourth-order valence-electron chi connectivity index (χ4n) is 1.85. The molecule has 0 saturated carbocycles. The van der Waals surface area contributed by atoms with E-state index in [1.165, 1.54) is 15.7 Å². The monoisotopic (exact) mass is 213 g/mol. The fraction of sp³-hybridized carbons (Fsp3) is 0.0769. The van der Waals surface area contributed by atoms with E-state index in [2.05, 4.69) is 52.8 Å². The van der Waals surface area contributed by atoms with Gasteiger partial charge in [0, 0.05) is 11.1 Å². The molecule has 0 amide bonds. The van der Waals surface area contributed by atoms with Crippen molar-refractivity contribution in [2.45, 2.75) is 4.90 Å². The normalized spacial score (nSPS) is 19.3. The summed E-state index contributed by atoms with van der Waals surface area (Å²) < 4.78 is 0. The Labute approximate surface area is 91.4 Å². The Morgan fingerprint density at radius 2 is 1.87 bits per heavy atom. The van der Waals surface area contributed by atoms with Crippen LogP contribution in [0.1, 0.15) is 0 Å². The second-order valence-electron chi connectivity index (χ2n) is 3.50. The topological polar surface area (TPSA) is 12.4 Å². The van der Waals surface area contributed by atoms with Crippen LogP contribution < -0.4 is 0 Å². The first-order valence-corrected chi connectivity index (χ1v) is 6.41. The molecule has 0 saturated heterocycles. The smallest absolute Gasteiger partial charge is 0.0839 e. The lowest BCUT2D eigenvalue weighted by Gasteiger charge is -2.07. The second kappa shape index (κ2) is 3.63. The zero-order valence-electron chi connectivity index (χ0n) is 8.26. The Balaban J connectivity index is 2.26. The van der Waals surface area contributed by atoms with Crippen molar-refractivity contribution in [3.05, 3.63) is 42.5 Å². The van der Waals surface area contributed by atoms with Crippen molar-refractivity contribution in [2.24, 2.45) is 4.99 Å². The van der Waals surface area contributed by atoms with Crippen LogP contribution in [0.5, 0.6) is 0 Å². The molecule has 15 heavy (non-hydrogen) atoms. The van der Waals surface area contributed by atoms with Gasteiger partial charge < -0.3 is 0 Å². The molecule has 1 heterocycles. The standard InChI is InChI=1S/C13H11NS/c1-2-6-12-11(4-1)5-3-7-13(12)15-9-8-14-10-15/h1-9H,10H2. The lowest BCUT2D eigenvalue weighted by Crippen LogP contribution is -1.81. The molecule has 2 heteroatoms. The summed E-state index contributed by atoms with van der Waals surface area (Å²) in [6.45, 7) is 0. The largest absolute Gasteiger partial charge is 0.282 e. The van der Waals surface area contributed by atoms with E-state index in [4.69, 9.17) is 0 Å². The van der Waals surface area contributed by atoms with E-state index in [0.29, 0.717) is 0 Å². The van der Waals surface area contributed by atoms with Gasteiger partial charge in [0.25, 0.3) is 0 Å². The first kappa shape index (κ1) is 8.86. The van der Waals surface area contributed by atoms with Crippen molar-refractivity contribution in [1.82, 2.24) is 0 Å². The minimum Gasteiger partial charge on any atom is -0.282 e. The van der Waals surface area contributed by atoms with Gasteiger partial charge >= 0.3 is 0 Å². The summed E-state index contributed by atoms with van der Waals surface area (Å²) >= 11 is 0. The van der Waals surface area contributed by atoms with Crippen molar-refractivity contribution in [2.75, 3.05) is 5.88 Å². The molecule has 0 aliphatic carbocycles. The first-order valence-electron chi connectivity index (χ1n) is 4.96. The summed E-state index contributed by atoms with van der Waals surface area (Å²) in [5.41, 5.74) is 0. The van der Waals surface area contributed by atoms with Gasteiger partial charge in [-0.1, -0.05) is 36.4 Å². The van der Waals surface area contributed by atoms with Crippen LogP contribution in [0.25, 0.3) is 10.8 Å². The zero-order valence-corrected chi connectivity index (χ0v) is 9.08. The molecule has 2 aromatic carbocycles. The second-order valence-corrected chi connectivity index (χ2v) is 5.33. The quantitative estimate of drug-likeness (QED) is 0.644. The van der Waals surface area contributed by atoms with E-state index < -0.39 is 0 Å². The third kappa shape index (κ3) is 1.51. The van der Waals surface area contributed by atoms with Crippen LogP contribution in [-0.2, 0) is 0 Å². The minimum absolute atomic E-state index is 0.188. The third-order valence-electron chi connectivity index (χ3n) is 2.58. The van der Waals surface area contributed by atoms with Crippen LogP contribution in [0, 0.1) is 0 Å². The highest BCUT2D eigenvalue weighted by molar-refractivity contribution is 8.16. The first-order chi connectivity index (χ1) is 7.45. The van der Waals surface area contributed by atoms with Crippen molar-refractivity contribution < 1.29 is 0 Å². The van der Waals surface area contributed by atoms with E-state index in [9.17, 15) is 0 Å². The summed E-state index contributed by atoms with van der Waals surface area (Å²) in [5, 5.41) is 4.90. The molecular formula is C13H11NS. The molecule has 0 aromatic heterocycles. The number of benzene rings is 2. The maximum absolute atomic E-state index is 4.28. The van der Waals surface area contributed by atoms with Gasteiger partial charge in [0.1, 0.15) is 0 Å². The Hall–Kier alpha value is -1.41. The van der Waals surface area contributed by atoms with Crippen LogP contribution in [-0.4, -0.2) is 17.5 Å². The molecule has 2 aromatic rings. The lowest BCUT2D eigenvalue weighted by atomic mass is 10.1. The third-order valence-corrected chi connectivity index (χ3v) is 4.37. The summed E-state index contributed by atoms with van der Waals surface area (Å²) in [5.74, 6) is 0.925. The van der Waals surface area contributed by atoms with E-state index in [-0.39, 0.29) is 10.5 Å². The maximum atomic E-state index is 4.28. The molecule has 0 N–H and O–H groups in total. The number of fused-ring (bicyclic) bond motifs is 1. The molecule has 1 nitrogen and oxygen atoms in total. The SMILES string of the molecule is C1=NCS(c2cccc3ccccc23)=C1. The van der Waals surface area contributed by atoms with E-state index in [0.717, 1.165) is 5.88 Å². The average molecular weight is 213 g/mol. The van der Waals surface area contributed by atoms with Crippen LogP contribution in [0.3, 0.4) is 0 Å². The van der Waals surface area contributed by atoms with Gasteiger partial charge in [-0.2, -0.15) is 0 Å². The molecule has 0 fully saturated rings. The van der Waals surface area contributed by atoms with Crippen LogP contribution in [0.2, 0.25) is 0 Å². The van der Waals surface area contributed by atoms with Gasteiger partial charge in [0.2, 0.25) is 0 Å². The Kier molecular flexibility index (Phi) is 2.14. The number of hydrogen-bond donors (Lipinski definition) is 0. The number of rotatable bonds is 1. The van der Waals surface area contributed by atoms with Crippen LogP contribution >= 0.6 is 10.5 Å². The Bertz CT molecular complexity index is 564. The Morgan fingerprint density at radius 1 is 1.00 bits per heavy atom.